The number of likely N-dealkylation sites (N-methyl/N-ethyl adjacent to an activating group) is 1. The van der Waals surface area contributed by atoms with E-state index in [2.05, 4.69) is 0 Å². The Kier molecular flexibility index (Phi) is 9.46. The Morgan fingerprint density at radius 2 is 1.29 bits per heavy atom. The molecule has 0 saturated carbocycles. The summed E-state index contributed by atoms with van der Waals surface area (Å²) in [5.74, 6) is 0. The van der Waals surface area contributed by atoms with Gasteiger partial charge in [-0.2, -0.15) is 26.3 Å². The monoisotopic (exact) mass is 521 g/mol. The second kappa shape index (κ2) is 11.3. The fourth-order valence-electron chi connectivity index (χ4n) is 4.48. The predicted octanol–water partition coefficient (Wildman–Crippen LogP) is 7.59. The third-order valence-electron chi connectivity index (χ3n) is 6.78. The van der Waals surface area contributed by atoms with Gasteiger partial charge in [-0.3, -0.25) is 0 Å². The van der Waals surface area contributed by atoms with Crippen molar-refractivity contribution in [3.8, 4) is 0 Å². The zero-order valence-corrected chi connectivity index (χ0v) is 21.4. The van der Waals surface area contributed by atoms with Crippen LogP contribution in [0.3, 0.4) is 0 Å². The van der Waals surface area contributed by atoms with Gasteiger partial charge in [0.25, 0.3) is 5.60 Å². The Morgan fingerprint density at radius 3 is 1.66 bits per heavy atom. The van der Waals surface area contributed by atoms with Gasteiger partial charge in [0.1, 0.15) is 0 Å². The third kappa shape index (κ3) is 5.70. The molecule has 0 aliphatic rings. The van der Waals surface area contributed by atoms with Gasteiger partial charge in [-0.15, -0.1) is 0 Å². The average molecular weight is 522 g/mol. The van der Waals surface area contributed by atoms with Crippen LogP contribution in [0.4, 0.5) is 32.0 Å². The molecular weight excluding hydrogens is 488 g/mol. The first-order chi connectivity index (χ1) is 16.4. The maximum absolute atomic E-state index is 14.4. The van der Waals surface area contributed by atoms with Gasteiger partial charge in [0.05, 0.1) is 12.6 Å². The van der Waals surface area contributed by atoms with E-state index in [-0.39, 0.29) is 24.7 Å². The Balaban J connectivity index is 2.63. The Hall–Kier alpha value is -2.04. The average Bonchev–Trinajstić information content (AvgIpc) is 2.83. The van der Waals surface area contributed by atoms with E-state index in [1.165, 1.54) is 12.1 Å². The fraction of sp³-hybridized carbons (Fsp3) is 0.520. The van der Waals surface area contributed by atoms with Gasteiger partial charge in [0.15, 0.2) is 8.32 Å². The summed E-state index contributed by atoms with van der Waals surface area (Å²) in [6.07, 6.45) is -11.4. The highest BCUT2D eigenvalue weighted by molar-refractivity contribution is 6.73. The number of rotatable bonds is 11. The molecule has 0 spiro atoms. The lowest BCUT2D eigenvalue weighted by Crippen LogP contribution is -2.61. The molecule has 35 heavy (non-hydrogen) atoms. The first-order valence-corrected chi connectivity index (χ1v) is 14.3. The van der Waals surface area contributed by atoms with Crippen LogP contribution in [0.5, 0.6) is 0 Å². The van der Waals surface area contributed by atoms with Crippen LogP contribution in [-0.4, -0.2) is 38.9 Å². The minimum atomic E-state index is -5.72. The van der Waals surface area contributed by atoms with Gasteiger partial charge in [0, 0.05) is 17.8 Å². The summed E-state index contributed by atoms with van der Waals surface area (Å²) >= 11 is 0. The van der Waals surface area contributed by atoms with Crippen LogP contribution in [0.15, 0.2) is 54.6 Å². The highest BCUT2D eigenvalue weighted by atomic mass is 28.4. The first kappa shape index (κ1) is 29.2. The second-order valence-electron chi connectivity index (χ2n) is 8.46. The highest BCUT2D eigenvalue weighted by Crippen LogP contribution is 2.55. The maximum Gasteiger partial charge on any atom is 0.429 e. The molecule has 2 rings (SSSR count). The molecule has 2 aromatic carbocycles. The third-order valence-corrected chi connectivity index (χ3v) is 11.4. The summed E-state index contributed by atoms with van der Waals surface area (Å²) in [5, 5.41) is 9.99. The van der Waals surface area contributed by atoms with Crippen LogP contribution in [-0.2, 0) is 10.0 Å². The zero-order valence-electron chi connectivity index (χ0n) is 20.4. The lowest BCUT2D eigenvalue weighted by molar-refractivity contribution is -0.369. The van der Waals surface area contributed by atoms with Crippen LogP contribution in [0.25, 0.3) is 0 Å². The van der Waals surface area contributed by atoms with Crippen molar-refractivity contribution in [1.82, 2.24) is 0 Å². The number of benzene rings is 2. The number of alkyl halides is 6. The molecular formula is C25H33F6NO2Si. The van der Waals surface area contributed by atoms with Crippen LogP contribution in [0.1, 0.15) is 44.9 Å². The zero-order chi connectivity index (χ0) is 26.5. The molecule has 2 aromatic rings. The van der Waals surface area contributed by atoms with Crippen molar-refractivity contribution in [2.75, 3.05) is 18.1 Å². The molecule has 1 unspecified atom stereocenters. The van der Waals surface area contributed by atoms with Crippen molar-refractivity contribution in [1.29, 1.82) is 0 Å². The smallest absolute Gasteiger partial charge is 0.394 e. The second-order valence-corrected chi connectivity index (χ2v) is 13.2. The predicted molar refractivity (Wildman–Crippen MR) is 128 cm³/mol. The van der Waals surface area contributed by atoms with E-state index in [1.54, 1.807) is 56.9 Å². The number of nitrogens with zero attached hydrogens (tertiary/aromatic N) is 1. The van der Waals surface area contributed by atoms with Crippen LogP contribution in [0, 0.1) is 0 Å². The summed E-state index contributed by atoms with van der Waals surface area (Å²) < 4.78 is 91.4. The standard InChI is InChI=1S/C25H33F6NO2Si/c1-5-32(22(18-33)19-12-10-9-11-13-19)21-16-14-20(15-17-21)23(24(26,27)28,25(29,30)31)34-35(6-2,7-3)8-4/h9-17,22,33H,5-8,18H2,1-4H3. The Morgan fingerprint density at radius 1 is 0.800 bits per heavy atom. The minimum absolute atomic E-state index is 0.130. The molecule has 0 aromatic heterocycles. The number of aliphatic hydroxyl groups is 1. The van der Waals surface area contributed by atoms with Crippen molar-refractivity contribution in [2.24, 2.45) is 0 Å². The largest absolute Gasteiger partial charge is 0.429 e. The number of hydrogen-bond donors (Lipinski definition) is 1. The van der Waals surface area contributed by atoms with Crippen LogP contribution < -0.4 is 4.90 Å². The van der Waals surface area contributed by atoms with Gasteiger partial charge in [-0.25, -0.2) is 0 Å². The van der Waals surface area contributed by atoms with E-state index in [0.29, 0.717) is 12.2 Å². The maximum atomic E-state index is 14.4. The summed E-state index contributed by atoms with van der Waals surface area (Å²) in [6.45, 7) is 6.63. The van der Waals surface area contributed by atoms with E-state index >= 15 is 0 Å². The number of hydrogen-bond acceptors (Lipinski definition) is 3. The molecule has 0 saturated heterocycles. The van der Waals surface area contributed by atoms with E-state index in [9.17, 15) is 31.4 Å². The van der Waals surface area contributed by atoms with Crippen LogP contribution in [0.2, 0.25) is 18.1 Å². The Labute approximate surface area is 203 Å². The molecule has 1 atom stereocenters. The van der Waals surface area contributed by atoms with Crippen molar-refractivity contribution in [2.45, 2.75) is 69.8 Å². The van der Waals surface area contributed by atoms with Gasteiger partial charge in [0.2, 0.25) is 0 Å². The van der Waals surface area contributed by atoms with Gasteiger partial charge in [-0.05, 0) is 42.8 Å². The lowest BCUT2D eigenvalue weighted by atomic mass is 9.92. The Bertz CT molecular complexity index is 892. The summed E-state index contributed by atoms with van der Waals surface area (Å²) in [5.41, 5.74) is -4.25. The molecule has 0 fully saturated rings. The molecule has 0 amide bonds. The van der Waals surface area contributed by atoms with Crippen molar-refractivity contribution < 1.29 is 35.9 Å². The minimum Gasteiger partial charge on any atom is -0.394 e. The van der Waals surface area contributed by atoms with Crippen molar-refractivity contribution in [3.05, 3.63) is 65.7 Å². The molecule has 10 heteroatoms. The molecule has 1 N–H and O–H groups in total. The highest BCUT2D eigenvalue weighted by Gasteiger charge is 2.74. The molecule has 196 valence electrons. The van der Waals surface area contributed by atoms with E-state index < -0.39 is 37.9 Å². The molecule has 0 aliphatic heterocycles. The summed E-state index contributed by atoms with van der Waals surface area (Å²) in [7, 11) is -3.35. The summed E-state index contributed by atoms with van der Waals surface area (Å²) in [6, 6.07) is 13.0. The first-order valence-electron chi connectivity index (χ1n) is 11.7. The number of anilines is 1. The number of halogens is 6. The normalized spacial score (nSPS) is 14.1. The molecule has 3 nitrogen and oxygen atoms in total. The molecule has 0 aliphatic carbocycles. The molecule has 0 bridgehead atoms. The van der Waals surface area contributed by atoms with Gasteiger partial charge >= 0.3 is 12.4 Å². The molecule has 0 radical (unpaired) electrons. The van der Waals surface area contributed by atoms with Crippen molar-refractivity contribution >= 4 is 14.0 Å². The van der Waals surface area contributed by atoms with E-state index in [1.807, 2.05) is 6.07 Å². The summed E-state index contributed by atoms with van der Waals surface area (Å²) in [4.78, 5) is 1.73. The topological polar surface area (TPSA) is 32.7 Å². The fourth-order valence-corrected chi connectivity index (χ4v) is 7.42. The van der Waals surface area contributed by atoms with E-state index in [0.717, 1.165) is 17.7 Å². The van der Waals surface area contributed by atoms with Gasteiger partial charge in [-0.1, -0.05) is 63.2 Å². The van der Waals surface area contributed by atoms with Crippen LogP contribution >= 0.6 is 0 Å². The van der Waals surface area contributed by atoms with Gasteiger partial charge < -0.3 is 14.4 Å². The van der Waals surface area contributed by atoms with Crippen molar-refractivity contribution in [3.63, 3.8) is 0 Å². The SMILES string of the molecule is CCN(c1ccc(C(O[Si](CC)(CC)CC)(C(F)(F)F)C(F)(F)F)cc1)C(CO)c1ccccc1. The molecule has 0 heterocycles. The number of aliphatic hydroxyl groups excluding tert-OH is 1. The van der Waals surface area contributed by atoms with E-state index in [4.69, 9.17) is 4.43 Å². The quantitative estimate of drug-likeness (QED) is 0.244. The lowest BCUT2D eigenvalue weighted by Gasteiger charge is -2.44.